The molecule has 5 nitrogen and oxygen atoms in total. The summed E-state index contributed by atoms with van der Waals surface area (Å²) in [6.07, 6.45) is 3.71. The fraction of sp³-hybridized carbons (Fsp3) is 0.750. The summed E-state index contributed by atoms with van der Waals surface area (Å²) < 4.78 is 0. The van der Waals surface area contributed by atoms with Crippen LogP contribution in [0.4, 0.5) is 0 Å². The van der Waals surface area contributed by atoms with Gasteiger partial charge in [0.1, 0.15) is 0 Å². The lowest BCUT2D eigenvalue weighted by molar-refractivity contribution is -0.131. The normalized spacial score (nSPS) is 9.59. The van der Waals surface area contributed by atoms with Crippen molar-refractivity contribution in [1.82, 2.24) is 4.90 Å². The third kappa shape index (κ3) is 5.41. The number of hydrogen-bond acceptors (Lipinski definition) is 2. The van der Waals surface area contributed by atoms with Crippen LogP contribution in [0.15, 0.2) is 0 Å². The molecule has 0 saturated carbocycles. The Hall–Kier alpha value is -1.48. The van der Waals surface area contributed by atoms with Crippen molar-refractivity contribution in [2.75, 3.05) is 13.1 Å². The van der Waals surface area contributed by atoms with Gasteiger partial charge in [0.2, 0.25) is 5.78 Å². The molecule has 0 aromatic carbocycles. The number of hydrogen-bond donors (Lipinski definition) is 0. The largest absolute Gasteiger partial charge is 0.421 e. The van der Waals surface area contributed by atoms with Crippen molar-refractivity contribution < 1.29 is 14.4 Å². The van der Waals surface area contributed by atoms with Crippen molar-refractivity contribution in [2.24, 2.45) is 0 Å². The number of amides is 1. The SMILES string of the molecule is CCCCN(CCCC)C(=O)C(=[N+]=[N-])C(C)=O. The van der Waals surface area contributed by atoms with E-state index in [1.807, 2.05) is 13.8 Å². The predicted molar refractivity (Wildman–Crippen MR) is 65.7 cm³/mol. The molecule has 0 aromatic heterocycles. The van der Waals surface area contributed by atoms with Crippen LogP contribution in [0.3, 0.4) is 0 Å². The van der Waals surface area contributed by atoms with E-state index in [9.17, 15) is 9.59 Å². The van der Waals surface area contributed by atoms with E-state index in [1.54, 1.807) is 4.90 Å². The highest BCUT2D eigenvalue weighted by Crippen LogP contribution is 2.01. The van der Waals surface area contributed by atoms with Crippen molar-refractivity contribution in [3.63, 3.8) is 0 Å². The molecule has 5 heteroatoms. The van der Waals surface area contributed by atoms with E-state index in [0.29, 0.717) is 13.1 Å². The molecule has 0 bridgehead atoms. The first-order chi connectivity index (χ1) is 8.08. The van der Waals surface area contributed by atoms with Gasteiger partial charge in [0, 0.05) is 20.0 Å². The predicted octanol–water partition coefficient (Wildman–Crippen LogP) is 1.68. The zero-order valence-electron chi connectivity index (χ0n) is 10.9. The molecule has 0 spiro atoms. The number of carbonyl (C=O) groups excluding carboxylic acids is 2. The van der Waals surface area contributed by atoms with E-state index in [4.69, 9.17) is 5.53 Å². The van der Waals surface area contributed by atoms with Gasteiger partial charge in [-0.2, -0.15) is 4.79 Å². The lowest BCUT2D eigenvalue weighted by Gasteiger charge is -2.19. The summed E-state index contributed by atoms with van der Waals surface area (Å²) in [5.74, 6) is -0.975. The number of carbonyl (C=O) groups is 2. The Labute approximate surface area is 102 Å². The van der Waals surface area contributed by atoms with Crippen molar-refractivity contribution in [1.29, 1.82) is 0 Å². The second-order valence-electron chi connectivity index (χ2n) is 4.00. The Morgan fingerprint density at radius 1 is 1.12 bits per heavy atom. The quantitative estimate of drug-likeness (QED) is 0.280. The summed E-state index contributed by atoms with van der Waals surface area (Å²) in [5, 5.41) is 0. The molecular weight excluding hydrogens is 218 g/mol. The molecule has 0 unspecified atom stereocenters. The molecule has 0 atom stereocenters. The van der Waals surface area contributed by atoms with E-state index >= 15 is 0 Å². The molecule has 0 aliphatic heterocycles. The molecule has 1 amide bonds. The van der Waals surface area contributed by atoms with Gasteiger partial charge < -0.3 is 10.4 Å². The molecule has 0 rings (SSSR count). The fourth-order valence-corrected chi connectivity index (χ4v) is 1.43. The van der Waals surface area contributed by atoms with Crippen LogP contribution in [0.1, 0.15) is 46.5 Å². The van der Waals surface area contributed by atoms with Crippen molar-refractivity contribution in [2.45, 2.75) is 46.5 Å². The van der Waals surface area contributed by atoms with E-state index in [2.05, 4.69) is 4.79 Å². The molecule has 0 heterocycles. The number of Topliss-reactive ketones (excluding diaryl/α,β-unsaturated/α-hetero) is 1. The first-order valence-corrected chi connectivity index (χ1v) is 6.10. The van der Waals surface area contributed by atoms with Crippen LogP contribution in [-0.2, 0) is 9.59 Å². The first-order valence-electron chi connectivity index (χ1n) is 6.10. The molecule has 0 radical (unpaired) electrons. The van der Waals surface area contributed by atoms with Crippen LogP contribution in [0.25, 0.3) is 5.53 Å². The Morgan fingerprint density at radius 2 is 1.59 bits per heavy atom. The maximum Gasteiger partial charge on any atom is 0.421 e. The Balaban J connectivity index is 4.71. The highest BCUT2D eigenvalue weighted by atomic mass is 16.2. The lowest BCUT2D eigenvalue weighted by Crippen LogP contribution is -2.41. The molecular formula is C12H21N3O2. The van der Waals surface area contributed by atoms with Crippen molar-refractivity contribution in [3.05, 3.63) is 5.53 Å². The topological polar surface area (TPSA) is 73.8 Å². The Morgan fingerprint density at radius 3 is 1.88 bits per heavy atom. The molecule has 0 N–H and O–H groups in total. The van der Waals surface area contributed by atoms with Gasteiger partial charge >= 0.3 is 11.6 Å². The summed E-state index contributed by atoms with van der Waals surface area (Å²) in [6, 6.07) is 0. The first kappa shape index (κ1) is 15.5. The molecule has 0 aliphatic carbocycles. The van der Waals surface area contributed by atoms with E-state index in [1.165, 1.54) is 6.92 Å². The third-order valence-corrected chi connectivity index (χ3v) is 2.49. The van der Waals surface area contributed by atoms with Crippen LogP contribution < -0.4 is 0 Å². The van der Waals surface area contributed by atoms with Crippen LogP contribution in [0, 0.1) is 0 Å². The minimum atomic E-state index is -0.504. The van der Waals surface area contributed by atoms with Crippen LogP contribution in [0.2, 0.25) is 0 Å². The smallest absolute Gasteiger partial charge is 0.360 e. The molecule has 0 aromatic rings. The van der Waals surface area contributed by atoms with Gasteiger partial charge in [-0.05, 0) is 12.8 Å². The van der Waals surface area contributed by atoms with Crippen molar-refractivity contribution >= 4 is 17.4 Å². The zero-order chi connectivity index (χ0) is 13.3. The van der Waals surface area contributed by atoms with Crippen molar-refractivity contribution in [3.8, 4) is 0 Å². The van der Waals surface area contributed by atoms with Gasteiger partial charge in [-0.1, -0.05) is 26.7 Å². The number of nitrogens with zero attached hydrogens (tertiary/aromatic N) is 3. The second kappa shape index (κ2) is 8.65. The second-order valence-corrected chi connectivity index (χ2v) is 4.00. The molecule has 0 saturated heterocycles. The standard InChI is InChI=1S/C12H21N3O2/c1-4-6-8-15(9-7-5-2)12(17)11(14-13)10(3)16/h4-9H2,1-3H3. The number of unbranched alkanes of at least 4 members (excludes halogenated alkanes) is 2. The van der Waals surface area contributed by atoms with E-state index in [-0.39, 0.29) is 5.71 Å². The third-order valence-electron chi connectivity index (χ3n) is 2.49. The zero-order valence-corrected chi connectivity index (χ0v) is 10.9. The highest BCUT2D eigenvalue weighted by molar-refractivity contribution is 6.63. The molecule has 96 valence electrons. The average Bonchev–Trinajstić information content (AvgIpc) is 2.29. The highest BCUT2D eigenvalue weighted by Gasteiger charge is 2.30. The Bertz CT molecular complexity index is 312. The summed E-state index contributed by atoms with van der Waals surface area (Å²) in [4.78, 5) is 27.5. The number of ketones is 1. The maximum absolute atomic E-state index is 11.9. The lowest BCUT2D eigenvalue weighted by atomic mass is 10.2. The van der Waals surface area contributed by atoms with Crippen LogP contribution >= 0.6 is 0 Å². The minimum absolute atomic E-state index is 0.378. The van der Waals surface area contributed by atoms with Crippen LogP contribution in [-0.4, -0.2) is 40.2 Å². The van der Waals surface area contributed by atoms with Gasteiger partial charge in [0.25, 0.3) is 0 Å². The molecule has 17 heavy (non-hydrogen) atoms. The molecule has 0 fully saturated rings. The van der Waals surface area contributed by atoms with Crippen LogP contribution in [0.5, 0.6) is 0 Å². The average molecular weight is 239 g/mol. The summed E-state index contributed by atoms with van der Waals surface area (Å²) in [5.41, 5.74) is 8.31. The van der Waals surface area contributed by atoms with Gasteiger partial charge in [0.15, 0.2) is 0 Å². The van der Waals surface area contributed by atoms with Gasteiger partial charge in [-0.15, -0.1) is 0 Å². The maximum atomic E-state index is 11.9. The summed E-state index contributed by atoms with van der Waals surface area (Å²) >= 11 is 0. The fourth-order valence-electron chi connectivity index (χ4n) is 1.43. The Kier molecular flexibility index (Phi) is 7.89. The number of rotatable bonds is 8. The monoisotopic (exact) mass is 239 g/mol. The van der Waals surface area contributed by atoms with Gasteiger partial charge in [0.05, 0.1) is 0 Å². The summed E-state index contributed by atoms with van der Waals surface area (Å²) in [7, 11) is 0. The van der Waals surface area contributed by atoms with E-state index < -0.39 is 11.7 Å². The minimum Gasteiger partial charge on any atom is -0.360 e. The van der Waals surface area contributed by atoms with Gasteiger partial charge in [-0.3, -0.25) is 9.59 Å². The summed E-state index contributed by atoms with van der Waals surface area (Å²) in [6.45, 7) is 6.50. The van der Waals surface area contributed by atoms with E-state index in [0.717, 1.165) is 25.7 Å². The molecule has 0 aliphatic rings. The van der Waals surface area contributed by atoms with Gasteiger partial charge in [-0.25, -0.2) is 0 Å².